The summed E-state index contributed by atoms with van der Waals surface area (Å²) in [4.78, 5) is 30.0. The Balaban J connectivity index is 1.03. The predicted octanol–water partition coefficient (Wildman–Crippen LogP) is 1.39. The summed E-state index contributed by atoms with van der Waals surface area (Å²) in [5, 5.41) is 10.0. The van der Waals surface area contributed by atoms with Crippen LogP contribution in [0.25, 0.3) is 0 Å². The smallest absolute Gasteiger partial charge is 0.237 e. The summed E-state index contributed by atoms with van der Waals surface area (Å²) >= 11 is 0. The van der Waals surface area contributed by atoms with Crippen molar-refractivity contribution in [1.82, 2.24) is 32.3 Å². The molecule has 4 fully saturated rings. The van der Waals surface area contributed by atoms with Crippen LogP contribution in [-0.2, 0) is 19.2 Å². The summed E-state index contributed by atoms with van der Waals surface area (Å²) in [6.45, 7) is 4.44. The molecule has 2 aliphatic carbocycles. The molecule has 10 heteroatoms. The quantitative estimate of drug-likeness (QED) is 0.225. The van der Waals surface area contributed by atoms with Crippen molar-refractivity contribution >= 4 is 11.8 Å². The van der Waals surface area contributed by atoms with E-state index in [0.29, 0.717) is 37.3 Å². The van der Waals surface area contributed by atoms with Gasteiger partial charge in [-0.05, 0) is 70.3 Å². The summed E-state index contributed by atoms with van der Waals surface area (Å²) in [5.41, 5.74) is 9.09. The van der Waals surface area contributed by atoms with Gasteiger partial charge in [-0.1, -0.05) is 19.8 Å². The van der Waals surface area contributed by atoms with Crippen molar-refractivity contribution in [3.8, 4) is 0 Å². The van der Waals surface area contributed by atoms with Crippen molar-refractivity contribution in [3.05, 3.63) is 0 Å². The Morgan fingerprint density at radius 2 is 1.94 bits per heavy atom. The molecular formula is C25H46N6O4. The van der Waals surface area contributed by atoms with Crippen LogP contribution in [0.5, 0.6) is 0 Å². The SMILES string of the molecule is CCCOC1CCC(C2NOC(CCC(=O)NCCCNC3NNC(=O)C4CCCCC34)N2)CC1. The third-order valence-electron chi connectivity index (χ3n) is 8.06. The van der Waals surface area contributed by atoms with Crippen LogP contribution in [0, 0.1) is 17.8 Å². The largest absolute Gasteiger partial charge is 0.378 e. The summed E-state index contributed by atoms with van der Waals surface area (Å²) < 4.78 is 5.89. The van der Waals surface area contributed by atoms with Crippen LogP contribution >= 0.6 is 0 Å². The highest BCUT2D eigenvalue weighted by atomic mass is 16.7. The maximum Gasteiger partial charge on any atom is 0.237 e. The molecule has 0 aromatic carbocycles. The van der Waals surface area contributed by atoms with Crippen molar-refractivity contribution in [2.45, 2.75) is 109 Å². The third-order valence-corrected chi connectivity index (χ3v) is 8.06. The van der Waals surface area contributed by atoms with Crippen LogP contribution < -0.4 is 32.3 Å². The summed E-state index contributed by atoms with van der Waals surface area (Å²) in [6, 6.07) is 0. The first-order valence-corrected chi connectivity index (χ1v) is 14.0. The van der Waals surface area contributed by atoms with E-state index in [2.05, 4.69) is 39.2 Å². The van der Waals surface area contributed by atoms with Gasteiger partial charge in [-0.3, -0.25) is 25.2 Å². The lowest BCUT2D eigenvalue weighted by molar-refractivity contribution is -0.134. The zero-order valence-electron chi connectivity index (χ0n) is 21.3. The number of rotatable bonds is 12. The summed E-state index contributed by atoms with van der Waals surface area (Å²) in [7, 11) is 0. The first-order chi connectivity index (χ1) is 17.1. The zero-order chi connectivity index (χ0) is 24.5. The van der Waals surface area contributed by atoms with E-state index in [0.717, 1.165) is 70.9 Å². The second-order valence-corrected chi connectivity index (χ2v) is 10.6. The average molecular weight is 495 g/mol. The van der Waals surface area contributed by atoms with Crippen LogP contribution in [0.2, 0.25) is 0 Å². The Kier molecular flexibility index (Phi) is 10.6. The van der Waals surface area contributed by atoms with E-state index >= 15 is 0 Å². The van der Waals surface area contributed by atoms with E-state index < -0.39 is 0 Å². The van der Waals surface area contributed by atoms with Gasteiger partial charge >= 0.3 is 0 Å². The number of ether oxygens (including phenoxy) is 1. The number of amides is 2. The molecule has 0 spiro atoms. The molecule has 10 nitrogen and oxygen atoms in total. The van der Waals surface area contributed by atoms with Gasteiger partial charge in [-0.2, -0.15) is 5.48 Å². The first-order valence-electron chi connectivity index (χ1n) is 14.0. The second-order valence-electron chi connectivity index (χ2n) is 10.6. The molecule has 2 heterocycles. The molecule has 5 unspecified atom stereocenters. The molecule has 0 aromatic heterocycles. The summed E-state index contributed by atoms with van der Waals surface area (Å²) in [5.74, 6) is 1.21. The zero-order valence-corrected chi connectivity index (χ0v) is 21.3. The van der Waals surface area contributed by atoms with E-state index in [1.165, 1.54) is 6.42 Å². The van der Waals surface area contributed by atoms with Gasteiger partial charge in [0.15, 0.2) is 0 Å². The molecule has 0 aromatic rings. The first kappa shape index (κ1) is 26.8. The Bertz CT molecular complexity index is 674. The minimum atomic E-state index is -0.127. The van der Waals surface area contributed by atoms with Crippen molar-refractivity contribution in [2.75, 3.05) is 19.7 Å². The van der Waals surface area contributed by atoms with Gasteiger partial charge in [-0.15, -0.1) is 0 Å². The molecule has 2 aliphatic heterocycles. The molecule has 2 saturated carbocycles. The molecule has 35 heavy (non-hydrogen) atoms. The minimum absolute atomic E-state index is 0.0582. The molecule has 0 bridgehead atoms. The molecular weight excluding hydrogens is 448 g/mol. The highest BCUT2D eigenvalue weighted by molar-refractivity contribution is 5.79. The highest BCUT2D eigenvalue weighted by Crippen LogP contribution is 2.33. The topological polar surface area (TPSA) is 125 Å². The third kappa shape index (κ3) is 7.84. The van der Waals surface area contributed by atoms with Gasteiger partial charge in [0.25, 0.3) is 0 Å². The van der Waals surface area contributed by atoms with Gasteiger partial charge in [0.2, 0.25) is 11.8 Å². The molecule has 6 N–H and O–H groups in total. The van der Waals surface area contributed by atoms with Gasteiger partial charge in [0.1, 0.15) is 6.23 Å². The van der Waals surface area contributed by atoms with Gasteiger partial charge in [-0.25, -0.2) is 5.43 Å². The Morgan fingerprint density at radius 1 is 1.11 bits per heavy atom. The number of hydrogen-bond donors (Lipinski definition) is 6. The number of carbonyl (C=O) groups is 2. The number of carbonyl (C=O) groups excluding carboxylic acids is 2. The fraction of sp³-hybridized carbons (Fsp3) is 0.920. The van der Waals surface area contributed by atoms with Crippen molar-refractivity contribution in [3.63, 3.8) is 0 Å². The number of hydroxylamine groups is 1. The van der Waals surface area contributed by atoms with E-state index in [9.17, 15) is 9.59 Å². The lowest BCUT2D eigenvalue weighted by atomic mass is 9.76. The van der Waals surface area contributed by atoms with Crippen LogP contribution in [0.15, 0.2) is 0 Å². The maximum absolute atomic E-state index is 12.3. The molecule has 2 amide bonds. The maximum atomic E-state index is 12.3. The second kappa shape index (κ2) is 13.9. The standard InChI is InChI=1S/C25H46N6O4/c1-2-16-34-18-10-8-17(9-11-18)23-28-22(35-31-23)13-12-21(32)26-14-5-15-27-24-19-6-3-4-7-20(19)25(33)30-29-24/h17-20,22-24,27-29,31H,2-16H2,1H3,(H,26,32)(H,30,33). The Hall–Kier alpha value is -1.30. The number of hydrazine groups is 1. The van der Waals surface area contributed by atoms with Crippen molar-refractivity contribution in [2.24, 2.45) is 17.8 Å². The predicted molar refractivity (Wildman–Crippen MR) is 132 cm³/mol. The molecule has 5 atom stereocenters. The Labute approximate surface area is 209 Å². The van der Waals surface area contributed by atoms with Crippen molar-refractivity contribution < 1.29 is 19.2 Å². The lowest BCUT2D eigenvalue weighted by Gasteiger charge is -2.41. The molecule has 4 rings (SSSR count). The Morgan fingerprint density at radius 3 is 2.77 bits per heavy atom. The average Bonchev–Trinajstić information content (AvgIpc) is 3.37. The monoisotopic (exact) mass is 494 g/mol. The van der Waals surface area contributed by atoms with Crippen LogP contribution in [-0.4, -0.2) is 56.2 Å². The summed E-state index contributed by atoms with van der Waals surface area (Å²) in [6.07, 6.45) is 12.4. The van der Waals surface area contributed by atoms with E-state index in [-0.39, 0.29) is 36.3 Å². The normalized spacial score (nSPS) is 35.3. The van der Waals surface area contributed by atoms with Gasteiger partial charge < -0.3 is 15.4 Å². The lowest BCUT2D eigenvalue weighted by Crippen LogP contribution is -2.64. The van der Waals surface area contributed by atoms with E-state index in [1.807, 2.05) is 0 Å². The molecule has 4 aliphatic rings. The number of hydrogen-bond acceptors (Lipinski definition) is 8. The van der Waals surface area contributed by atoms with Crippen molar-refractivity contribution in [1.29, 1.82) is 0 Å². The van der Waals surface area contributed by atoms with Gasteiger partial charge in [0, 0.05) is 31.4 Å². The number of fused-ring (bicyclic) bond motifs is 1. The van der Waals surface area contributed by atoms with Crippen LogP contribution in [0.1, 0.15) is 84.0 Å². The fourth-order valence-corrected chi connectivity index (χ4v) is 6.03. The van der Waals surface area contributed by atoms with Gasteiger partial charge in [0.05, 0.1) is 18.4 Å². The van der Waals surface area contributed by atoms with Crippen LogP contribution in [0.3, 0.4) is 0 Å². The molecule has 2 saturated heterocycles. The van der Waals surface area contributed by atoms with E-state index in [1.54, 1.807) is 0 Å². The number of nitrogens with one attached hydrogen (secondary N) is 6. The fourth-order valence-electron chi connectivity index (χ4n) is 6.03. The highest BCUT2D eigenvalue weighted by Gasteiger charge is 2.39. The van der Waals surface area contributed by atoms with Crippen LogP contribution in [0.4, 0.5) is 0 Å². The molecule has 200 valence electrons. The van der Waals surface area contributed by atoms with E-state index in [4.69, 9.17) is 9.57 Å². The minimum Gasteiger partial charge on any atom is -0.378 e. The molecule has 0 radical (unpaired) electrons.